The van der Waals surface area contributed by atoms with Crippen LogP contribution in [0, 0.1) is 0 Å². The summed E-state index contributed by atoms with van der Waals surface area (Å²) in [6.45, 7) is 3.62. The Morgan fingerprint density at radius 2 is 1.90 bits per heavy atom. The number of hydrogen-bond donors (Lipinski definition) is 0. The Hall–Kier alpha value is -1.08. The van der Waals surface area contributed by atoms with E-state index in [1.165, 1.54) is 16.7 Å². The van der Waals surface area contributed by atoms with Gasteiger partial charge in [-0.15, -0.1) is 10.2 Å². The first-order valence-electron chi connectivity index (χ1n) is 5.69. The van der Waals surface area contributed by atoms with E-state index in [9.17, 15) is 13.2 Å². The number of halogens is 5. The van der Waals surface area contributed by atoms with Crippen molar-refractivity contribution in [2.45, 2.75) is 25.9 Å². The van der Waals surface area contributed by atoms with Crippen molar-refractivity contribution in [3.63, 3.8) is 0 Å². The summed E-state index contributed by atoms with van der Waals surface area (Å²) in [6.07, 6.45) is -4.50. The van der Waals surface area contributed by atoms with Gasteiger partial charge in [-0.25, -0.2) is 0 Å². The van der Waals surface area contributed by atoms with Gasteiger partial charge in [0.15, 0.2) is 0 Å². The zero-order valence-electron chi connectivity index (χ0n) is 10.5. The molecule has 8 heteroatoms. The quantitative estimate of drug-likeness (QED) is 0.760. The van der Waals surface area contributed by atoms with Crippen molar-refractivity contribution >= 4 is 27.5 Å². The van der Waals surface area contributed by atoms with Gasteiger partial charge in [-0.05, 0) is 29.8 Å². The molecule has 0 atom stereocenters. The molecule has 0 unspecified atom stereocenters. The van der Waals surface area contributed by atoms with Gasteiger partial charge in [0.25, 0.3) is 0 Å². The van der Waals surface area contributed by atoms with E-state index in [1.54, 1.807) is 0 Å². The highest BCUT2D eigenvalue weighted by atomic mass is 79.9. The van der Waals surface area contributed by atoms with E-state index in [1.807, 2.05) is 13.8 Å². The van der Waals surface area contributed by atoms with Crippen molar-refractivity contribution in [3.05, 3.63) is 39.3 Å². The summed E-state index contributed by atoms with van der Waals surface area (Å²) in [6, 6.07) is 3.87. The molecule has 0 aliphatic rings. The van der Waals surface area contributed by atoms with Crippen molar-refractivity contribution < 1.29 is 13.2 Å². The maximum absolute atomic E-state index is 13.2. The second-order valence-corrected chi connectivity index (χ2v) is 5.73. The minimum Gasteiger partial charge on any atom is -0.269 e. The maximum Gasteiger partial charge on any atom is 0.418 e. The van der Waals surface area contributed by atoms with E-state index in [-0.39, 0.29) is 16.9 Å². The first kappa shape index (κ1) is 15.3. The number of nitrogens with zero attached hydrogens (tertiary/aromatic N) is 3. The van der Waals surface area contributed by atoms with E-state index >= 15 is 0 Å². The van der Waals surface area contributed by atoms with E-state index < -0.39 is 11.7 Å². The monoisotopic (exact) mass is 367 g/mol. The predicted molar refractivity (Wildman–Crippen MR) is 73.2 cm³/mol. The summed E-state index contributed by atoms with van der Waals surface area (Å²) >= 11 is 8.94. The second kappa shape index (κ2) is 5.37. The van der Waals surface area contributed by atoms with E-state index in [2.05, 4.69) is 26.1 Å². The van der Waals surface area contributed by atoms with E-state index in [4.69, 9.17) is 11.6 Å². The summed E-state index contributed by atoms with van der Waals surface area (Å²) in [5.74, 6) is 0.266. The molecule has 0 amide bonds. The Balaban J connectivity index is 2.74. The van der Waals surface area contributed by atoms with Gasteiger partial charge in [-0.1, -0.05) is 29.8 Å². The van der Waals surface area contributed by atoms with Gasteiger partial charge in [0, 0.05) is 10.4 Å². The average Bonchev–Trinajstić information content (AvgIpc) is 2.70. The molecule has 2 rings (SSSR count). The third-order valence-corrected chi connectivity index (χ3v) is 3.41. The van der Waals surface area contributed by atoms with Crippen LogP contribution in [0.25, 0.3) is 5.69 Å². The summed E-state index contributed by atoms with van der Waals surface area (Å²) in [5, 5.41) is 7.40. The van der Waals surface area contributed by atoms with E-state index in [0.29, 0.717) is 10.3 Å². The van der Waals surface area contributed by atoms with Gasteiger partial charge in [-0.2, -0.15) is 13.2 Å². The third kappa shape index (κ3) is 2.83. The zero-order chi connectivity index (χ0) is 15.1. The molecular weight excluding hydrogens is 359 g/mol. The molecule has 0 fully saturated rings. The largest absolute Gasteiger partial charge is 0.418 e. The van der Waals surface area contributed by atoms with Gasteiger partial charge in [0.05, 0.1) is 11.3 Å². The Kier molecular flexibility index (Phi) is 4.11. The first-order valence-corrected chi connectivity index (χ1v) is 6.87. The minimum atomic E-state index is -4.50. The van der Waals surface area contributed by atoms with Crippen molar-refractivity contribution in [1.29, 1.82) is 0 Å². The molecule has 0 N–H and O–H groups in total. The summed E-state index contributed by atoms with van der Waals surface area (Å²) in [4.78, 5) is 0. The highest BCUT2D eigenvalue weighted by molar-refractivity contribution is 9.10. The highest BCUT2D eigenvalue weighted by Gasteiger charge is 2.35. The first-order chi connectivity index (χ1) is 9.21. The summed E-state index contributed by atoms with van der Waals surface area (Å²) in [5.41, 5.74) is -0.880. The van der Waals surface area contributed by atoms with Gasteiger partial charge in [0.1, 0.15) is 5.82 Å². The molecule has 108 valence electrons. The van der Waals surface area contributed by atoms with Crippen LogP contribution in [0.3, 0.4) is 0 Å². The smallest absolute Gasteiger partial charge is 0.269 e. The van der Waals surface area contributed by atoms with Crippen LogP contribution in [0.1, 0.15) is 31.2 Å². The summed E-state index contributed by atoms with van der Waals surface area (Å²) < 4.78 is 41.1. The normalized spacial score (nSPS) is 12.2. The molecule has 0 aliphatic heterocycles. The predicted octanol–water partition coefficient (Wildman–Crippen LogP) is 4.83. The van der Waals surface area contributed by atoms with Crippen LogP contribution in [0.4, 0.5) is 13.2 Å². The molecule has 2 aromatic rings. The molecule has 0 aliphatic carbocycles. The SMILES string of the molecule is CC(C)c1nnc(Cl)n1-c1ccc(Br)cc1C(F)(F)F. The lowest BCUT2D eigenvalue weighted by atomic mass is 10.1. The molecule has 0 spiro atoms. The molecule has 0 saturated carbocycles. The Morgan fingerprint density at radius 1 is 1.25 bits per heavy atom. The van der Waals surface area contributed by atoms with Gasteiger partial charge < -0.3 is 0 Å². The van der Waals surface area contributed by atoms with Crippen molar-refractivity contribution in [2.24, 2.45) is 0 Å². The maximum atomic E-state index is 13.2. The number of rotatable bonds is 2. The zero-order valence-corrected chi connectivity index (χ0v) is 12.9. The van der Waals surface area contributed by atoms with Crippen molar-refractivity contribution in [3.8, 4) is 5.69 Å². The van der Waals surface area contributed by atoms with Crippen LogP contribution in [0.15, 0.2) is 22.7 Å². The lowest BCUT2D eigenvalue weighted by molar-refractivity contribution is -0.137. The van der Waals surface area contributed by atoms with Crippen LogP contribution in [0.2, 0.25) is 5.28 Å². The fourth-order valence-corrected chi connectivity index (χ4v) is 2.38. The van der Waals surface area contributed by atoms with Crippen molar-refractivity contribution in [1.82, 2.24) is 14.8 Å². The highest BCUT2D eigenvalue weighted by Crippen LogP contribution is 2.37. The van der Waals surface area contributed by atoms with Crippen LogP contribution >= 0.6 is 27.5 Å². The van der Waals surface area contributed by atoms with Gasteiger partial charge in [-0.3, -0.25) is 4.57 Å². The molecule has 3 nitrogen and oxygen atoms in total. The molecule has 0 radical (unpaired) electrons. The molecule has 1 aromatic heterocycles. The molecule has 20 heavy (non-hydrogen) atoms. The fourth-order valence-electron chi connectivity index (χ4n) is 1.80. The lowest BCUT2D eigenvalue weighted by Crippen LogP contribution is -2.13. The Labute approximate surface area is 126 Å². The van der Waals surface area contributed by atoms with Crippen LogP contribution in [0.5, 0.6) is 0 Å². The number of aromatic nitrogens is 3. The number of alkyl halides is 3. The molecular formula is C12H10BrClF3N3. The number of benzene rings is 1. The Bertz CT molecular complexity index is 637. The van der Waals surface area contributed by atoms with Gasteiger partial charge in [0.2, 0.25) is 5.28 Å². The molecule has 0 bridgehead atoms. The standard InChI is InChI=1S/C12H10BrClF3N3/c1-6(2)10-18-19-11(14)20(10)9-4-3-7(13)5-8(9)12(15,16)17/h3-6H,1-2H3. The average molecular weight is 369 g/mol. The van der Waals surface area contributed by atoms with Crippen molar-refractivity contribution in [2.75, 3.05) is 0 Å². The van der Waals surface area contributed by atoms with Crippen LogP contribution in [-0.4, -0.2) is 14.8 Å². The van der Waals surface area contributed by atoms with Crippen LogP contribution < -0.4 is 0 Å². The van der Waals surface area contributed by atoms with Crippen LogP contribution in [-0.2, 0) is 6.18 Å². The second-order valence-electron chi connectivity index (χ2n) is 4.48. The topological polar surface area (TPSA) is 30.7 Å². The fraction of sp³-hybridized carbons (Fsp3) is 0.333. The summed E-state index contributed by atoms with van der Waals surface area (Å²) in [7, 11) is 0. The third-order valence-electron chi connectivity index (χ3n) is 2.67. The van der Waals surface area contributed by atoms with E-state index in [0.717, 1.165) is 6.07 Å². The Morgan fingerprint density at radius 3 is 2.45 bits per heavy atom. The van der Waals surface area contributed by atoms with Gasteiger partial charge >= 0.3 is 6.18 Å². The lowest BCUT2D eigenvalue weighted by Gasteiger charge is -2.16. The number of hydrogen-bond acceptors (Lipinski definition) is 2. The molecule has 1 aromatic carbocycles. The minimum absolute atomic E-state index is 0.0839. The molecule has 0 saturated heterocycles. The molecule has 1 heterocycles.